The number of carboxylic acids is 1. The van der Waals surface area contributed by atoms with E-state index in [0.717, 1.165) is 12.2 Å². The molecule has 0 aliphatic rings. The summed E-state index contributed by atoms with van der Waals surface area (Å²) >= 11 is 1.57. The minimum atomic E-state index is -0.955. The second kappa shape index (κ2) is 5.89. The summed E-state index contributed by atoms with van der Waals surface area (Å²) in [6.45, 7) is 7.74. The Morgan fingerprint density at radius 1 is 1.44 bits per heavy atom. The van der Waals surface area contributed by atoms with Crippen LogP contribution in [0.1, 0.15) is 34.1 Å². The van der Waals surface area contributed by atoms with Crippen LogP contribution < -0.4 is 5.73 Å². The number of methoxy groups -OCH3 is 1. The summed E-state index contributed by atoms with van der Waals surface area (Å²) in [6.07, 6.45) is 0.865. The Hall–Kier alpha value is -0.260. The number of ether oxygens (including phenoxy) is 1. The van der Waals surface area contributed by atoms with Crippen LogP contribution in [0.25, 0.3) is 0 Å². The lowest BCUT2D eigenvalue weighted by atomic mass is 10.1. The van der Waals surface area contributed by atoms with E-state index in [1.807, 2.05) is 27.7 Å². The summed E-state index contributed by atoms with van der Waals surface area (Å²) in [5.41, 5.74) is 5.45. The van der Waals surface area contributed by atoms with Gasteiger partial charge in [0.05, 0.1) is 5.60 Å². The number of rotatable bonds is 7. The molecule has 0 aliphatic carbocycles. The highest BCUT2D eigenvalue weighted by Crippen LogP contribution is 2.30. The largest absolute Gasteiger partial charge is 0.480 e. The van der Waals surface area contributed by atoms with Crippen molar-refractivity contribution in [2.75, 3.05) is 12.9 Å². The zero-order chi connectivity index (χ0) is 13.0. The van der Waals surface area contributed by atoms with Gasteiger partial charge >= 0.3 is 5.97 Å². The second-order valence-electron chi connectivity index (χ2n) is 4.98. The van der Waals surface area contributed by atoms with Crippen LogP contribution in [0.15, 0.2) is 0 Å². The van der Waals surface area contributed by atoms with E-state index in [1.54, 1.807) is 18.9 Å². The van der Waals surface area contributed by atoms with E-state index in [0.29, 0.717) is 0 Å². The fraction of sp³-hybridized carbons (Fsp3) is 0.909. The normalized spacial score (nSPS) is 14.9. The third-order valence-electron chi connectivity index (χ3n) is 2.75. The topological polar surface area (TPSA) is 72.5 Å². The number of aliphatic carboxylic acids is 1. The Bertz CT molecular complexity index is 241. The lowest BCUT2D eigenvalue weighted by Crippen LogP contribution is -2.47. The molecule has 0 saturated heterocycles. The van der Waals surface area contributed by atoms with Gasteiger partial charge in [-0.3, -0.25) is 4.79 Å². The molecule has 16 heavy (non-hydrogen) atoms. The van der Waals surface area contributed by atoms with Crippen LogP contribution >= 0.6 is 11.8 Å². The van der Waals surface area contributed by atoms with Crippen molar-refractivity contribution in [1.29, 1.82) is 0 Å². The average Bonchev–Trinajstić information content (AvgIpc) is 2.15. The Labute approximate surface area is 102 Å². The summed E-state index contributed by atoms with van der Waals surface area (Å²) in [5.74, 6) is -0.127. The Balaban J connectivity index is 4.15. The van der Waals surface area contributed by atoms with Gasteiger partial charge in [-0.05, 0) is 39.9 Å². The number of thioether (sulfide) groups is 1. The first-order valence-electron chi connectivity index (χ1n) is 5.30. The number of hydrogen-bond donors (Lipinski definition) is 2. The lowest BCUT2D eigenvalue weighted by molar-refractivity contribution is -0.139. The van der Waals surface area contributed by atoms with Crippen molar-refractivity contribution >= 4 is 17.7 Å². The maximum absolute atomic E-state index is 10.8. The number of carbonyl (C=O) groups is 1. The summed E-state index contributed by atoms with van der Waals surface area (Å²) in [7, 11) is 1.68. The first-order chi connectivity index (χ1) is 7.12. The molecule has 0 heterocycles. The zero-order valence-electron chi connectivity index (χ0n) is 10.7. The van der Waals surface area contributed by atoms with E-state index >= 15 is 0 Å². The van der Waals surface area contributed by atoms with Crippen molar-refractivity contribution < 1.29 is 14.6 Å². The Morgan fingerprint density at radius 3 is 2.31 bits per heavy atom. The molecule has 4 nitrogen and oxygen atoms in total. The quantitative estimate of drug-likeness (QED) is 0.719. The van der Waals surface area contributed by atoms with Gasteiger partial charge in [-0.1, -0.05) is 0 Å². The van der Waals surface area contributed by atoms with Crippen molar-refractivity contribution in [3.63, 3.8) is 0 Å². The minimum absolute atomic E-state index is 0.170. The Morgan fingerprint density at radius 2 is 1.94 bits per heavy atom. The van der Waals surface area contributed by atoms with E-state index in [1.165, 1.54) is 0 Å². The van der Waals surface area contributed by atoms with Gasteiger partial charge in [-0.15, -0.1) is 0 Å². The van der Waals surface area contributed by atoms with Crippen molar-refractivity contribution in [2.24, 2.45) is 5.73 Å². The molecular weight excluding hydrogens is 226 g/mol. The highest BCUT2D eigenvalue weighted by molar-refractivity contribution is 8.00. The van der Waals surface area contributed by atoms with E-state index in [4.69, 9.17) is 15.6 Å². The van der Waals surface area contributed by atoms with Gasteiger partial charge in [0, 0.05) is 11.9 Å². The lowest BCUT2D eigenvalue weighted by Gasteiger charge is -2.30. The standard InChI is InChI=1S/C11H23NO3S/c1-10(2,15-5)6-7-16-11(3,4)8(12)9(13)14/h8H,6-7,12H2,1-5H3,(H,13,14)/t8-/m1/s1. The first-order valence-corrected chi connectivity index (χ1v) is 6.28. The van der Waals surface area contributed by atoms with Crippen molar-refractivity contribution in [2.45, 2.75) is 50.5 Å². The number of nitrogens with two attached hydrogens (primary N) is 1. The highest BCUT2D eigenvalue weighted by Gasteiger charge is 2.32. The minimum Gasteiger partial charge on any atom is -0.480 e. The van der Waals surface area contributed by atoms with Crippen molar-refractivity contribution in [1.82, 2.24) is 0 Å². The van der Waals surface area contributed by atoms with Crippen LogP contribution in [-0.4, -0.2) is 40.3 Å². The predicted molar refractivity (Wildman–Crippen MR) is 67.9 cm³/mol. The molecule has 0 fully saturated rings. The van der Waals surface area contributed by atoms with Crippen LogP contribution in [0, 0.1) is 0 Å². The molecule has 0 bridgehead atoms. The third kappa shape index (κ3) is 5.18. The fourth-order valence-corrected chi connectivity index (χ4v) is 2.45. The molecule has 3 N–H and O–H groups in total. The zero-order valence-corrected chi connectivity index (χ0v) is 11.6. The van der Waals surface area contributed by atoms with Crippen LogP contribution in [0.5, 0.6) is 0 Å². The van der Waals surface area contributed by atoms with E-state index in [9.17, 15) is 4.79 Å². The fourth-order valence-electron chi connectivity index (χ4n) is 1.05. The summed E-state index contributed by atoms with van der Waals surface area (Å²) in [4.78, 5) is 10.8. The third-order valence-corrected chi connectivity index (χ3v) is 4.15. The smallest absolute Gasteiger partial charge is 0.321 e. The maximum atomic E-state index is 10.8. The molecule has 0 spiro atoms. The maximum Gasteiger partial charge on any atom is 0.321 e. The average molecular weight is 249 g/mol. The molecule has 96 valence electrons. The summed E-state index contributed by atoms with van der Waals surface area (Å²) < 4.78 is 4.84. The highest BCUT2D eigenvalue weighted by atomic mass is 32.2. The molecule has 0 aromatic heterocycles. The summed E-state index contributed by atoms with van der Waals surface area (Å²) in [5, 5.41) is 8.86. The van der Waals surface area contributed by atoms with Gasteiger partial charge in [0.2, 0.25) is 0 Å². The molecule has 0 aliphatic heterocycles. The molecule has 1 atom stereocenters. The van der Waals surface area contributed by atoms with Crippen LogP contribution in [0.4, 0.5) is 0 Å². The number of carboxylic acid groups (broad SMARTS) is 1. The van der Waals surface area contributed by atoms with Gasteiger partial charge in [0.1, 0.15) is 6.04 Å². The van der Waals surface area contributed by atoms with Gasteiger partial charge in [0.15, 0.2) is 0 Å². The van der Waals surface area contributed by atoms with Crippen LogP contribution in [0.2, 0.25) is 0 Å². The van der Waals surface area contributed by atoms with Gasteiger partial charge in [-0.2, -0.15) is 11.8 Å². The molecular formula is C11H23NO3S. The molecule has 0 amide bonds. The monoisotopic (exact) mass is 249 g/mol. The predicted octanol–water partition coefficient (Wildman–Crippen LogP) is 1.73. The van der Waals surface area contributed by atoms with Gasteiger partial charge in [0.25, 0.3) is 0 Å². The van der Waals surface area contributed by atoms with E-state index in [-0.39, 0.29) is 5.60 Å². The Kier molecular flexibility index (Phi) is 5.79. The van der Waals surface area contributed by atoms with E-state index in [2.05, 4.69) is 0 Å². The SMILES string of the molecule is COC(C)(C)CCSC(C)(C)[C@H](N)C(=O)O. The molecule has 0 saturated carbocycles. The molecule has 0 radical (unpaired) electrons. The van der Waals surface area contributed by atoms with Crippen molar-refractivity contribution in [3.05, 3.63) is 0 Å². The van der Waals surface area contributed by atoms with Crippen LogP contribution in [0.3, 0.4) is 0 Å². The van der Waals surface area contributed by atoms with E-state index < -0.39 is 16.8 Å². The van der Waals surface area contributed by atoms with Gasteiger partial charge in [-0.25, -0.2) is 0 Å². The van der Waals surface area contributed by atoms with Gasteiger partial charge < -0.3 is 15.6 Å². The van der Waals surface area contributed by atoms with Crippen LogP contribution in [-0.2, 0) is 9.53 Å². The molecule has 0 aromatic carbocycles. The second-order valence-corrected chi connectivity index (χ2v) is 6.73. The van der Waals surface area contributed by atoms with Crippen molar-refractivity contribution in [3.8, 4) is 0 Å². The number of hydrogen-bond acceptors (Lipinski definition) is 4. The molecule has 0 aromatic rings. The molecule has 5 heteroatoms. The molecule has 0 unspecified atom stereocenters. The first kappa shape index (κ1) is 15.7. The summed E-state index contributed by atoms with van der Waals surface area (Å²) in [6, 6.07) is -0.844. The molecule has 0 rings (SSSR count).